The maximum Gasteiger partial charge on any atom is 0.188 e. The molecule has 0 aromatic heterocycles. The zero-order chi connectivity index (χ0) is 8.39. The lowest BCUT2D eigenvalue weighted by atomic mass is 10.1. The van der Waals surface area contributed by atoms with E-state index in [0.29, 0.717) is 0 Å². The fraction of sp³-hybridized carbons (Fsp3) is 0.300. The van der Waals surface area contributed by atoms with E-state index in [0.717, 1.165) is 23.1 Å². The van der Waals surface area contributed by atoms with Crippen molar-refractivity contribution in [2.24, 2.45) is 0 Å². The molecule has 62 valence electrons. The molecule has 0 saturated heterocycles. The minimum Gasteiger partial charge on any atom is -0.624 e. The van der Waals surface area contributed by atoms with E-state index in [2.05, 4.69) is 0 Å². The predicted molar refractivity (Wildman–Crippen MR) is 48.1 cm³/mol. The Kier molecular flexibility index (Phi) is 1.82. The second kappa shape index (κ2) is 2.97. The summed E-state index contributed by atoms with van der Waals surface area (Å²) in [5.41, 5.74) is 1.13. The molecule has 2 rings (SSSR count). The Morgan fingerprint density at radius 2 is 2.00 bits per heavy atom. The van der Waals surface area contributed by atoms with Crippen LogP contribution in [0, 0.1) is 5.21 Å². The molecule has 12 heavy (non-hydrogen) atoms. The Morgan fingerprint density at radius 3 is 2.58 bits per heavy atom. The Bertz CT molecular complexity index is 292. The number of benzene rings is 1. The Balaban J connectivity index is 2.27. The van der Waals surface area contributed by atoms with E-state index in [1.165, 1.54) is 0 Å². The van der Waals surface area contributed by atoms with Gasteiger partial charge in [0.25, 0.3) is 0 Å². The monoisotopic (exact) mass is 161 g/mol. The third-order valence-corrected chi connectivity index (χ3v) is 2.24. The number of hydroxylamine groups is 1. The lowest BCUT2D eigenvalue weighted by Crippen LogP contribution is -2.06. The molecule has 0 spiro atoms. The average Bonchev–Trinajstić information content (AvgIpc) is 2.53. The maximum atomic E-state index is 11.2. The van der Waals surface area contributed by atoms with Crippen LogP contribution >= 0.6 is 0 Å². The summed E-state index contributed by atoms with van der Waals surface area (Å²) in [4.78, 5) is 0. The van der Waals surface area contributed by atoms with Crippen LogP contribution in [-0.2, 0) is 0 Å². The first-order chi connectivity index (χ1) is 5.88. The van der Waals surface area contributed by atoms with Crippen molar-refractivity contribution in [2.75, 3.05) is 0 Å². The van der Waals surface area contributed by atoms with Crippen LogP contribution < -0.4 is 0 Å². The summed E-state index contributed by atoms with van der Waals surface area (Å²) in [5.74, 6) is 0. The third kappa shape index (κ3) is 1.20. The van der Waals surface area contributed by atoms with Crippen LogP contribution in [-0.4, -0.2) is 11.0 Å². The molecule has 2 heteroatoms. The molecular weight excluding hydrogens is 150 g/mol. The van der Waals surface area contributed by atoms with Gasteiger partial charge in [0.05, 0.1) is 0 Å². The molecule has 1 aromatic rings. The van der Waals surface area contributed by atoms with Crippen molar-refractivity contribution in [3.8, 4) is 0 Å². The van der Waals surface area contributed by atoms with Gasteiger partial charge in [0, 0.05) is 18.4 Å². The summed E-state index contributed by atoms with van der Waals surface area (Å²) in [6, 6.07) is 10.00. The molecule has 1 aromatic carbocycles. The zero-order valence-electron chi connectivity index (χ0n) is 6.81. The van der Waals surface area contributed by atoms with E-state index in [1.54, 1.807) is 6.21 Å². The topological polar surface area (TPSA) is 26.1 Å². The maximum absolute atomic E-state index is 11.2. The SMILES string of the molecule is [O-][N+]1=CCCC1c1ccccc1. The van der Waals surface area contributed by atoms with Gasteiger partial charge >= 0.3 is 0 Å². The number of hydrogen-bond acceptors (Lipinski definition) is 1. The summed E-state index contributed by atoms with van der Waals surface area (Å²) >= 11 is 0. The highest BCUT2D eigenvalue weighted by atomic mass is 16.5. The van der Waals surface area contributed by atoms with Gasteiger partial charge in [-0.1, -0.05) is 30.3 Å². The van der Waals surface area contributed by atoms with Crippen LogP contribution in [0.2, 0.25) is 0 Å². The summed E-state index contributed by atoms with van der Waals surface area (Å²) in [6.45, 7) is 0. The first kappa shape index (κ1) is 7.35. The van der Waals surface area contributed by atoms with Gasteiger partial charge in [0.1, 0.15) is 0 Å². The van der Waals surface area contributed by atoms with E-state index in [9.17, 15) is 5.21 Å². The molecule has 0 aliphatic carbocycles. The van der Waals surface area contributed by atoms with Crippen LogP contribution in [0.1, 0.15) is 24.4 Å². The number of hydrogen-bond donors (Lipinski definition) is 0. The summed E-state index contributed by atoms with van der Waals surface area (Å²) in [7, 11) is 0. The molecular formula is C10H11NO. The fourth-order valence-corrected chi connectivity index (χ4v) is 1.60. The second-order valence-electron chi connectivity index (χ2n) is 3.05. The van der Waals surface area contributed by atoms with Crippen LogP contribution in [0.5, 0.6) is 0 Å². The molecule has 1 aliphatic heterocycles. The van der Waals surface area contributed by atoms with Crippen molar-refractivity contribution in [3.63, 3.8) is 0 Å². The van der Waals surface area contributed by atoms with Crippen molar-refractivity contribution in [3.05, 3.63) is 41.1 Å². The van der Waals surface area contributed by atoms with Crippen molar-refractivity contribution in [2.45, 2.75) is 18.9 Å². The summed E-state index contributed by atoms with van der Waals surface area (Å²) in [5, 5.41) is 11.2. The summed E-state index contributed by atoms with van der Waals surface area (Å²) in [6.07, 6.45) is 3.58. The lowest BCUT2D eigenvalue weighted by Gasteiger charge is -2.10. The molecule has 1 unspecified atom stereocenters. The molecule has 0 amide bonds. The van der Waals surface area contributed by atoms with Crippen LogP contribution in [0.15, 0.2) is 30.3 Å². The molecule has 0 bridgehead atoms. The molecule has 1 atom stereocenters. The lowest BCUT2D eigenvalue weighted by molar-refractivity contribution is -0.494. The van der Waals surface area contributed by atoms with Gasteiger partial charge < -0.3 is 5.21 Å². The largest absolute Gasteiger partial charge is 0.624 e. The fourth-order valence-electron chi connectivity index (χ4n) is 1.60. The molecule has 1 heterocycles. The Labute approximate surface area is 71.7 Å². The molecule has 1 aliphatic rings. The Hall–Kier alpha value is -1.31. The van der Waals surface area contributed by atoms with Gasteiger partial charge in [-0.05, 0) is 0 Å². The smallest absolute Gasteiger partial charge is 0.188 e. The van der Waals surface area contributed by atoms with Gasteiger partial charge in [-0.3, -0.25) is 0 Å². The summed E-state index contributed by atoms with van der Waals surface area (Å²) < 4.78 is 1.06. The molecule has 2 nitrogen and oxygen atoms in total. The van der Waals surface area contributed by atoms with E-state index in [1.807, 2.05) is 30.3 Å². The van der Waals surface area contributed by atoms with Crippen LogP contribution in [0.25, 0.3) is 0 Å². The Morgan fingerprint density at radius 1 is 1.25 bits per heavy atom. The second-order valence-corrected chi connectivity index (χ2v) is 3.05. The van der Waals surface area contributed by atoms with Crippen molar-refractivity contribution in [1.82, 2.24) is 0 Å². The van der Waals surface area contributed by atoms with Gasteiger partial charge in [0.15, 0.2) is 12.3 Å². The van der Waals surface area contributed by atoms with E-state index in [-0.39, 0.29) is 6.04 Å². The van der Waals surface area contributed by atoms with Gasteiger partial charge in [0.2, 0.25) is 0 Å². The third-order valence-electron chi connectivity index (χ3n) is 2.24. The predicted octanol–water partition coefficient (Wildman–Crippen LogP) is 2.10. The number of nitrogens with zero attached hydrogens (tertiary/aromatic N) is 1. The normalized spacial score (nSPS) is 22.3. The zero-order valence-corrected chi connectivity index (χ0v) is 6.81. The highest BCUT2D eigenvalue weighted by Gasteiger charge is 2.22. The first-order valence-electron chi connectivity index (χ1n) is 4.21. The van der Waals surface area contributed by atoms with Crippen molar-refractivity contribution >= 4 is 6.21 Å². The molecule has 0 N–H and O–H groups in total. The van der Waals surface area contributed by atoms with Gasteiger partial charge in [-0.25, -0.2) is 4.74 Å². The molecule has 0 saturated carbocycles. The van der Waals surface area contributed by atoms with E-state index >= 15 is 0 Å². The van der Waals surface area contributed by atoms with Crippen LogP contribution in [0.3, 0.4) is 0 Å². The van der Waals surface area contributed by atoms with E-state index < -0.39 is 0 Å². The van der Waals surface area contributed by atoms with Crippen LogP contribution in [0.4, 0.5) is 0 Å². The van der Waals surface area contributed by atoms with E-state index in [4.69, 9.17) is 0 Å². The minimum atomic E-state index is 0.0613. The first-order valence-corrected chi connectivity index (χ1v) is 4.21. The number of rotatable bonds is 1. The quantitative estimate of drug-likeness (QED) is 0.457. The van der Waals surface area contributed by atoms with Crippen molar-refractivity contribution in [1.29, 1.82) is 0 Å². The highest BCUT2D eigenvalue weighted by Crippen LogP contribution is 2.24. The van der Waals surface area contributed by atoms with Crippen molar-refractivity contribution < 1.29 is 4.74 Å². The van der Waals surface area contributed by atoms with Gasteiger partial charge in [-0.2, -0.15) is 0 Å². The van der Waals surface area contributed by atoms with Gasteiger partial charge in [-0.15, -0.1) is 0 Å². The highest BCUT2D eigenvalue weighted by molar-refractivity contribution is 5.53. The average molecular weight is 161 g/mol. The molecule has 0 radical (unpaired) electrons. The standard InChI is InChI=1S/C10H11NO/c12-11-8-4-7-10(11)9-5-2-1-3-6-9/h1-3,5-6,8,10H,4,7H2. The minimum absolute atomic E-state index is 0.0613. The molecule has 0 fully saturated rings.